The number of nitrogens with one attached hydrogen (secondary N) is 2. The number of amides is 1. The fourth-order valence-corrected chi connectivity index (χ4v) is 3.83. The fourth-order valence-electron chi connectivity index (χ4n) is 3.64. The maximum absolute atomic E-state index is 12.8. The van der Waals surface area contributed by atoms with E-state index in [0.717, 1.165) is 23.5 Å². The van der Waals surface area contributed by atoms with Crippen LogP contribution in [0.4, 0.5) is 0 Å². The minimum absolute atomic E-state index is 0.0236. The van der Waals surface area contributed by atoms with Crippen molar-refractivity contribution in [1.29, 1.82) is 0 Å². The van der Waals surface area contributed by atoms with Crippen molar-refractivity contribution in [1.82, 2.24) is 25.3 Å². The van der Waals surface area contributed by atoms with E-state index in [-0.39, 0.29) is 11.8 Å². The van der Waals surface area contributed by atoms with Gasteiger partial charge in [0.1, 0.15) is 11.4 Å². The molecular weight excluding hydrogens is 402 g/mol. The lowest BCUT2D eigenvalue weighted by molar-refractivity contribution is 0.0785. The molecule has 1 aliphatic rings. The molecule has 0 spiro atoms. The Hall–Kier alpha value is -2.80. The molecule has 0 aliphatic carbocycles. The van der Waals surface area contributed by atoms with Crippen molar-refractivity contribution >= 4 is 17.5 Å². The van der Waals surface area contributed by atoms with E-state index in [1.165, 1.54) is 0 Å². The van der Waals surface area contributed by atoms with Crippen LogP contribution in [-0.4, -0.2) is 50.9 Å². The number of halogens is 1. The predicted octanol–water partition coefficient (Wildman–Crippen LogP) is 4.16. The molecule has 1 aromatic carbocycles. The van der Waals surface area contributed by atoms with E-state index < -0.39 is 0 Å². The maximum Gasteiger partial charge on any atom is 0.274 e. The minimum Gasteiger partial charge on any atom is -0.492 e. The number of rotatable bonds is 7. The van der Waals surface area contributed by atoms with Crippen molar-refractivity contribution in [2.24, 2.45) is 0 Å². The van der Waals surface area contributed by atoms with Gasteiger partial charge in [-0.3, -0.25) is 15.0 Å². The Labute approximate surface area is 180 Å². The molecule has 0 radical (unpaired) electrons. The standard InChI is InChI=1S/C22H26ClN5O2/c1-14(2)18-12-20(27-25-18)22(29)28-9-7-15(13-28)19-11-16(24-26-19)8-10-30-21-6-4-3-5-17(21)23/h3-6,11-12,14-15H,7-10,13H2,1-2H3,(H,24,26)(H,25,27). The van der Waals surface area contributed by atoms with Gasteiger partial charge in [-0.05, 0) is 36.6 Å². The summed E-state index contributed by atoms with van der Waals surface area (Å²) in [6, 6.07) is 11.4. The average Bonchev–Trinajstić information content (AvgIpc) is 3.49. The molecule has 0 bridgehead atoms. The van der Waals surface area contributed by atoms with Gasteiger partial charge in [0.25, 0.3) is 5.91 Å². The second-order valence-electron chi connectivity index (χ2n) is 7.95. The zero-order chi connectivity index (χ0) is 21.1. The second-order valence-corrected chi connectivity index (χ2v) is 8.35. The van der Waals surface area contributed by atoms with Crippen LogP contribution in [0, 0.1) is 0 Å². The molecule has 2 N–H and O–H groups in total. The second kappa shape index (κ2) is 8.92. The number of ether oxygens (including phenoxy) is 1. The highest BCUT2D eigenvalue weighted by atomic mass is 35.5. The summed E-state index contributed by atoms with van der Waals surface area (Å²) in [5, 5.41) is 15.3. The van der Waals surface area contributed by atoms with E-state index in [1.54, 1.807) is 0 Å². The van der Waals surface area contributed by atoms with E-state index in [9.17, 15) is 4.79 Å². The van der Waals surface area contributed by atoms with Crippen LogP contribution >= 0.6 is 11.6 Å². The van der Waals surface area contributed by atoms with Gasteiger partial charge < -0.3 is 9.64 Å². The Morgan fingerprint density at radius 3 is 2.87 bits per heavy atom. The van der Waals surface area contributed by atoms with Crippen LogP contribution in [-0.2, 0) is 6.42 Å². The number of para-hydroxylation sites is 1. The predicted molar refractivity (Wildman–Crippen MR) is 115 cm³/mol. The van der Waals surface area contributed by atoms with Crippen LogP contribution in [0.15, 0.2) is 36.4 Å². The topological polar surface area (TPSA) is 86.9 Å². The summed E-state index contributed by atoms with van der Waals surface area (Å²) in [5.74, 6) is 1.20. The minimum atomic E-state index is -0.0236. The normalized spacial score (nSPS) is 16.4. The molecule has 7 nitrogen and oxygen atoms in total. The Kier molecular flexibility index (Phi) is 6.08. The molecule has 0 saturated carbocycles. The summed E-state index contributed by atoms with van der Waals surface area (Å²) in [4.78, 5) is 14.6. The molecule has 2 aromatic heterocycles. The van der Waals surface area contributed by atoms with E-state index >= 15 is 0 Å². The zero-order valence-electron chi connectivity index (χ0n) is 17.2. The summed E-state index contributed by atoms with van der Waals surface area (Å²) >= 11 is 6.11. The zero-order valence-corrected chi connectivity index (χ0v) is 17.9. The van der Waals surface area contributed by atoms with Crippen molar-refractivity contribution < 1.29 is 9.53 Å². The van der Waals surface area contributed by atoms with E-state index in [0.29, 0.717) is 48.5 Å². The summed E-state index contributed by atoms with van der Waals surface area (Å²) in [6.45, 7) is 6.02. The lowest BCUT2D eigenvalue weighted by Gasteiger charge is -2.14. The molecule has 3 aromatic rings. The van der Waals surface area contributed by atoms with Crippen LogP contribution < -0.4 is 4.74 Å². The lowest BCUT2D eigenvalue weighted by atomic mass is 10.0. The van der Waals surface area contributed by atoms with Crippen molar-refractivity contribution in [3.8, 4) is 5.75 Å². The van der Waals surface area contributed by atoms with Gasteiger partial charge in [0.2, 0.25) is 0 Å². The first kappa shape index (κ1) is 20.5. The molecule has 1 fully saturated rings. The third-order valence-electron chi connectivity index (χ3n) is 5.45. The van der Waals surface area contributed by atoms with E-state index in [2.05, 4.69) is 40.3 Å². The molecule has 1 aliphatic heterocycles. The number of hydrogen-bond acceptors (Lipinski definition) is 4. The van der Waals surface area contributed by atoms with Crippen LogP contribution in [0.1, 0.15) is 59.7 Å². The van der Waals surface area contributed by atoms with Gasteiger partial charge >= 0.3 is 0 Å². The van der Waals surface area contributed by atoms with E-state index in [1.807, 2.05) is 35.2 Å². The Bertz CT molecular complexity index is 1010. The Morgan fingerprint density at radius 1 is 1.27 bits per heavy atom. The molecular formula is C22H26ClN5O2. The van der Waals surface area contributed by atoms with E-state index in [4.69, 9.17) is 16.3 Å². The van der Waals surface area contributed by atoms with Crippen molar-refractivity contribution in [3.63, 3.8) is 0 Å². The summed E-state index contributed by atoms with van der Waals surface area (Å²) in [6.07, 6.45) is 1.60. The molecule has 158 valence electrons. The highest BCUT2D eigenvalue weighted by Crippen LogP contribution is 2.28. The maximum atomic E-state index is 12.8. The van der Waals surface area contributed by atoms with Gasteiger partial charge in [0.05, 0.1) is 17.3 Å². The van der Waals surface area contributed by atoms with Crippen molar-refractivity contribution in [3.05, 3.63) is 64.2 Å². The summed E-state index contributed by atoms with van der Waals surface area (Å²) in [5.41, 5.74) is 3.46. The quantitative estimate of drug-likeness (QED) is 0.592. The first-order valence-corrected chi connectivity index (χ1v) is 10.6. The molecule has 4 rings (SSSR count). The SMILES string of the molecule is CC(C)c1cc(C(=O)N2CCC(c3cc(CCOc4ccccc4Cl)[nH]n3)C2)n[nH]1. The van der Waals surface area contributed by atoms with Gasteiger partial charge in [0, 0.05) is 36.8 Å². The molecule has 1 amide bonds. The van der Waals surface area contributed by atoms with Crippen LogP contribution in [0.3, 0.4) is 0 Å². The summed E-state index contributed by atoms with van der Waals surface area (Å²) in [7, 11) is 0. The van der Waals surface area contributed by atoms with Crippen LogP contribution in [0.25, 0.3) is 0 Å². The number of nitrogens with zero attached hydrogens (tertiary/aromatic N) is 3. The van der Waals surface area contributed by atoms with Crippen molar-refractivity contribution in [2.75, 3.05) is 19.7 Å². The largest absolute Gasteiger partial charge is 0.492 e. The molecule has 8 heteroatoms. The highest BCUT2D eigenvalue weighted by Gasteiger charge is 2.30. The first-order chi connectivity index (χ1) is 14.5. The number of aromatic amines is 2. The monoisotopic (exact) mass is 427 g/mol. The Morgan fingerprint density at radius 2 is 2.10 bits per heavy atom. The number of carbonyl (C=O) groups is 1. The Balaban J connectivity index is 1.31. The third kappa shape index (κ3) is 4.51. The number of likely N-dealkylation sites (tertiary alicyclic amines) is 1. The third-order valence-corrected chi connectivity index (χ3v) is 5.76. The lowest BCUT2D eigenvalue weighted by Crippen LogP contribution is -2.28. The van der Waals surface area contributed by atoms with Gasteiger partial charge in [-0.1, -0.05) is 37.6 Å². The number of hydrogen-bond donors (Lipinski definition) is 2. The van der Waals surface area contributed by atoms with Gasteiger partial charge in [-0.25, -0.2) is 0 Å². The molecule has 3 heterocycles. The number of aromatic nitrogens is 4. The molecule has 1 saturated heterocycles. The van der Waals surface area contributed by atoms with Crippen LogP contribution in [0.2, 0.25) is 5.02 Å². The van der Waals surface area contributed by atoms with Gasteiger partial charge in [-0.15, -0.1) is 0 Å². The number of H-pyrrole nitrogens is 2. The van der Waals surface area contributed by atoms with Crippen LogP contribution in [0.5, 0.6) is 5.75 Å². The number of benzene rings is 1. The van der Waals surface area contributed by atoms with Gasteiger partial charge in [0.15, 0.2) is 0 Å². The number of carbonyl (C=O) groups excluding carboxylic acids is 1. The first-order valence-electron chi connectivity index (χ1n) is 10.3. The average molecular weight is 428 g/mol. The smallest absolute Gasteiger partial charge is 0.274 e. The molecule has 30 heavy (non-hydrogen) atoms. The fraction of sp³-hybridized carbons (Fsp3) is 0.409. The van der Waals surface area contributed by atoms with Gasteiger partial charge in [-0.2, -0.15) is 10.2 Å². The summed E-state index contributed by atoms with van der Waals surface area (Å²) < 4.78 is 5.75. The van der Waals surface area contributed by atoms with Crippen molar-refractivity contribution in [2.45, 2.75) is 38.5 Å². The highest BCUT2D eigenvalue weighted by molar-refractivity contribution is 6.32. The molecule has 1 atom stereocenters. The molecule has 1 unspecified atom stereocenters.